The Kier molecular flexibility index (Phi) is 7.31. The van der Waals surface area contributed by atoms with E-state index in [0.717, 1.165) is 15.4 Å². The van der Waals surface area contributed by atoms with Crippen molar-refractivity contribution in [3.05, 3.63) is 87.9 Å². The number of rotatable bonds is 6. The molecule has 0 saturated heterocycles. The lowest BCUT2D eigenvalue weighted by Crippen LogP contribution is -2.39. The van der Waals surface area contributed by atoms with Crippen LogP contribution >= 0.6 is 35.0 Å². The molecule has 2 amide bonds. The van der Waals surface area contributed by atoms with Gasteiger partial charge < -0.3 is 5.32 Å². The minimum atomic E-state index is -3.97. The first kappa shape index (κ1) is 22.5. The number of amides is 2. The molecule has 0 spiro atoms. The van der Waals surface area contributed by atoms with Gasteiger partial charge in [-0.15, -0.1) is 0 Å². The second-order valence-electron chi connectivity index (χ2n) is 6.37. The van der Waals surface area contributed by atoms with Gasteiger partial charge in [-0.1, -0.05) is 58.7 Å². The van der Waals surface area contributed by atoms with E-state index in [-0.39, 0.29) is 11.4 Å². The summed E-state index contributed by atoms with van der Waals surface area (Å²) in [5.41, 5.74) is 1.60. The smallest absolute Gasteiger partial charge is 0.328 e. The maximum Gasteiger partial charge on any atom is 0.328 e. The third kappa shape index (κ3) is 5.92. The number of aryl methyl sites for hydroxylation is 1. The molecule has 5 nitrogen and oxygen atoms in total. The molecule has 0 saturated carbocycles. The molecule has 0 heterocycles. The van der Waals surface area contributed by atoms with Gasteiger partial charge in [0.1, 0.15) is 0 Å². The Balaban J connectivity index is 1.69. The van der Waals surface area contributed by atoms with Crippen molar-refractivity contribution in [3.63, 3.8) is 0 Å². The van der Waals surface area contributed by atoms with E-state index < -0.39 is 16.1 Å². The Morgan fingerprint density at radius 1 is 0.967 bits per heavy atom. The quantitative estimate of drug-likeness (QED) is 0.478. The van der Waals surface area contributed by atoms with E-state index in [9.17, 15) is 13.2 Å². The molecule has 3 aromatic carbocycles. The first-order chi connectivity index (χ1) is 14.2. The molecule has 0 bridgehead atoms. The predicted octanol–water partition coefficient (Wildman–Crippen LogP) is 5.64. The number of carbonyl (C=O) groups excluding carboxylic acids is 1. The van der Waals surface area contributed by atoms with Gasteiger partial charge in [0.25, 0.3) is 10.0 Å². The third-order valence-electron chi connectivity index (χ3n) is 4.10. The van der Waals surface area contributed by atoms with Crippen molar-refractivity contribution >= 4 is 51.0 Å². The Morgan fingerprint density at radius 3 is 2.30 bits per heavy atom. The molecule has 0 aliphatic carbocycles. The molecule has 0 radical (unpaired) electrons. The minimum Gasteiger partial charge on any atom is -0.333 e. The topological polar surface area (TPSA) is 75.3 Å². The normalized spacial score (nSPS) is 11.2. The fraction of sp³-hybridized carbons (Fsp3) is 0.0952. The Hall–Kier alpha value is -2.19. The number of hydrogen-bond acceptors (Lipinski definition) is 4. The molecule has 3 aromatic rings. The maximum atomic E-state index is 12.4. The van der Waals surface area contributed by atoms with E-state index in [1.807, 2.05) is 35.9 Å². The van der Waals surface area contributed by atoms with Crippen LogP contribution < -0.4 is 10.0 Å². The summed E-state index contributed by atoms with van der Waals surface area (Å²) in [5, 5.41) is 3.67. The average molecular weight is 481 g/mol. The van der Waals surface area contributed by atoms with Crippen molar-refractivity contribution in [1.82, 2.24) is 10.0 Å². The van der Waals surface area contributed by atoms with Gasteiger partial charge in [0.05, 0.1) is 4.90 Å². The Labute approximate surface area is 189 Å². The average Bonchev–Trinajstić information content (AvgIpc) is 2.69. The Bertz CT molecular complexity index is 1150. The molecule has 0 aromatic heterocycles. The number of urea groups is 1. The summed E-state index contributed by atoms with van der Waals surface area (Å²) in [5.74, 6) is 0. The first-order valence-corrected chi connectivity index (χ1v) is 11.9. The van der Waals surface area contributed by atoms with Gasteiger partial charge in [0.2, 0.25) is 0 Å². The fourth-order valence-corrected chi connectivity index (χ4v) is 4.87. The largest absolute Gasteiger partial charge is 0.333 e. The van der Waals surface area contributed by atoms with Crippen LogP contribution in [0.5, 0.6) is 0 Å². The summed E-state index contributed by atoms with van der Waals surface area (Å²) >= 11 is 13.7. The summed E-state index contributed by atoms with van der Waals surface area (Å²) in [4.78, 5) is 14.0. The number of halogens is 2. The van der Waals surface area contributed by atoms with E-state index >= 15 is 0 Å². The summed E-state index contributed by atoms with van der Waals surface area (Å²) in [6.07, 6.45) is 0. The summed E-state index contributed by atoms with van der Waals surface area (Å²) < 4.78 is 26.7. The van der Waals surface area contributed by atoms with E-state index in [2.05, 4.69) is 5.32 Å². The third-order valence-corrected chi connectivity index (χ3v) is 7.16. The number of sulfonamides is 1. The summed E-state index contributed by atoms with van der Waals surface area (Å²) in [6.45, 7) is 1.91. The van der Waals surface area contributed by atoms with Crippen molar-refractivity contribution in [2.24, 2.45) is 0 Å². The SMILES string of the molecule is Cc1ccc(S(=O)(=O)NC(=O)NCc2c(Cl)cccc2Sc2ccc(Cl)cc2)cc1. The lowest BCUT2D eigenvalue weighted by atomic mass is 10.2. The molecular weight excluding hydrogens is 463 g/mol. The van der Waals surface area contributed by atoms with Crippen LogP contribution in [-0.4, -0.2) is 14.4 Å². The molecule has 0 aliphatic heterocycles. The standard InChI is InChI=1S/C21H18Cl2N2O3S2/c1-14-5-11-17(12-6-14)30(27,28)25-21(26)24-13-18-19(23)3-2-4-20(18)29-16-9-7-15(22)8-10-16/h2-12H,13H2,1H3,(H2,24,25,26). The lowest BCUT2D eigenvalue weighted by Gasteiger charge is -2.13. The zero-order valence-electron chi connectivity index (χ0n) is 15.9. The highest BCUT2D eigenvalue weighted by Gasteiger charge is 2.18. The molecule has 9 heteroatoms. The highest BCUT2D eigenvalue weighted by atomic mass is 35.5. The fourth-order valence-electron chi connectivity index (χ4n) is 2.54. The number of carbonyl (C=O) groups is 1. The van der Waals surface area contributed by atoms with Gasteiger partial charge in [-0.05, 0) is 55.5 Å². The maximum absolute atomic E-state index is 12.4. The van der Waals surface area contributed by atoms with Crippen LogP contribution in [-0.2, 0) is 16.6 Å². The second-order valence-corrected chi connectivity index (χ2v) is 10.0. The van der Waals surface area contributed by atoms with Crippen molar-refractivity contribution in [1.29, 1.82) is 0 Å². The van der Waals surface area contributed by atoms with Gasteiger partial charge in [0, 0.05) is 31.9 Å². The van der Waals surface area contributed by atoms with Gasteiger partial charge in [-0.3, -0.25) is 0 Å². The van der Waals surface area contributed by atoms with E-state index in [0.29, 0.717) is 15.6 Å². The van der Waals surface area contributed by atoms with Crippen molar-refractivity contribution in [3.8, 4) is 0 Å². The second kappa shape index (κ2) is 9.75. The van der Waals surface area contributed by atoms with Crippen LogP contribution in [0.4, 0.5) is 4.79 Å². The van der Waals surface area contributed by atoms with Crippen molar-refractivity contribution in [2.45, 2.75) is 28.2 Å². The number of hydrogen-bond donors (Lipinski definition) is 2. The highest BCUT2D eigenvalue weighted by molar-refractivity contribution is 7.99. The van der Waals surface area contributed by atoms with E-state index in [4.69, 9.17) is 23.2 Å². The molecule has 3 rings (SSSR count). The molecule has 2 N–H and O–H groups in total. The predicted molar refractivity (Wildman–Crippen MR) is 121 cm³/mol. The van der Waals surface area contributed by atoms with Crippen molar-refractivity contribution < 1.29 is 13.2 Å². The number of nitrogens with one attached hydrogen (secondary N) is 2. The van der Waals surface area contributed by atoms with Crippen LogP contribution in [0.15, 0.2) is 81.4 Å². The summed E-state index contributed by atoms with van der Waals surface area (Å²) in [7, 11) is -3.97. The van der Waals surface area contributed by atoms with E-state index in [1.165, 1.54) is 23.9 Å². The zero-order chi connectivity index (χ0) is 21.7. The van der Waals surface area contributed by atoms with E-state index in [1.54, 1.807) is 30.3 Å². The minimum absolute atomic E-state index is 0.0139. The monoisotopic (exact) mass is 480 g/mol. The summed E-state index contributed by atoms with van der Waals surface area (Å²) in [6, 6.07) is 18.1. The Morgan fingerprint density at radius 2 is 1.63 bits per heavy atom. The van der Waals surface area contributed by atoms with Gasteiger partial charge in [-0.25, -0.2) is 17.9 Å². The molecular formula is C21H18Cl2N2O3S2. The molecule has 0 unspecified atom stereocenters. The van der Waals surface area contributed by atoms with Crippen LogP contribution in [0.25, 0.3) is 0 Å². The van der Waals surface area contributed by atoms with Gasteiger partial charge >= 0.3 is 6.03 Å². The first-order valence-electron chi connectivity index (χ1n) is 8.83. The van der Waals surface area contributed by atoms with Crippen molar-refractivity contribution in [2.75, 3.05) is 0 Å². The number of benzene rings is 3. The molecule has 0 aliphatic rings. The zero-order valence-corrected chi connectivity index (χ0v) is 19.0. The van der Waals surface area contributed by atoms with Gasteiger partial charge in [0.15, 0.2) is 0 Å². The highest BCUT2D eigenvalue weighted by Crippen LogP contribution is 2.34. The lowest BCUT2D eigenvalue weighted by molar-refractivity contribution is 0.245. The molecule has 0 fully saturated rings. The van der Waals surface area contributed by atoms with Gasteiger partial charge in [-0.2, -0.15) is 0 Å². The van der Waals surface area contributed by atoms with Crippen LogP contribution in [0.1, 0.15) is 11.1 Å². The van der Waals surface area contributed by atoms with Crippen LogP contribution in [0.3, 0.4) is 0 Å². The molecule has 156 valence electrons. The van der Waals surface area contributed by atoms with Crippen LogP contribution in [0, 0.1) is 6.92 Å². The van der Waals surface area contributed by atoms with Crippen LogP contribution in [0.2, 0.25) is 10.0 Å². The molecule has 0 atom stereocenters. The molecule has 30 heavy (non-hydrogen) atoms.